The first-order valence-electron chi connectivity index (χ1n) is 13.3. The van der Waals surface area contributed by atoms with Gasteiger partial charge in [0, 0.05) is 12.0 Å². The third-order valence-electron chi connectivity index (χ3n) is 7.85. The molecular weight excluding hydrogens is 513 g/mol. The molecule has 1 amide bonds. The van der Waals surface area contributed by atoms with E-state index in [4.69, 9.17) is 0 Å². The Labute approximate surface area is 223 Å². The summed E-state index contributed by atoms with van der Waals surface area (Å²) >= 11 is 0. The number of rotatable bonds is 8. The topological polar surface area (TPSA) is 122 Å². The zero-order valence-corrected chi connectivity index (χ0v) is 21.6. The molecule has 9 nitrogen and oxygen atoms in total. The van der Waals surface area contributed by atoms with Crippen molar-refractivity contribution in [3.63, 3.8) is 0 Å². The van der Waals surface area contributed by atoms with Crippen LogP contribution >= 0.6 is 0 Å². The van der Waals surface area contributed by atoms with Gasteiger partial charge in [-0.3, -0.25) is 10.1 Å². The molecule has 1 aromatic carbocycles. The highest BCUT2D eigenvalue weighted by Gasteiger charge is 2.31. The predicted octanol–water partition coefficient (Wildman–Crippen LogP) is 5.71. The summed E-state index contributed by atoms with van der Waals surface area (Å²) in [5.74, 6) is -1.31. The molecule has 0 unspecified atom stereocenters. The second-order valence-electron chi connectivity index (χ2n) is 10.5. The van der Waals surface area contributed by atoms with Gasteiger partial charge in [-0.25, -0.2) is 14.8 Å². The summed E-state index contributed by atoms with van der Waals surface area (Å²) in [6.45, 7) is 2.07. The number of nitrogens with one attached hydrogen (secondary N) is 2. The second-order valence-corrected chi connectivity index (χ2v) is 10.5. The number of aromatic carboxylic acids is 1. The Kier molecular flexibility index (Phi) is 7.46. The molecule has 5 rings (SSSR count). The van der Waals surface area contributed by atoms with E-state index in [0.717, 1.165) is 63.5 Å². The maximum atomic E-state index is 13.1. The maximum Gasteiger partial charge on any atom is 0.416 e. The molecule has 1 atom stereocenters. The van der Waals surface area contributed by atoms with E-state index in [0.29, 0.717) is 17.0 Å². The van der Waals surface area contributed by atoms with Gasteiger partial charge in [-0.1, -0.05) is 37.8 Å². The highest BCUT2D eigenvalue weighted by Crippen LogP contribution is 2.34. The molecule has 0 radical (unpaired) electrons. The number of alkyl halides is 3. The van der Waals surface area contributed by atoms with Crippen LogP contribution in [0.4, 0.5) is 24.9 Å². The van der Waals surface area contributed by atoms with Crippen LogP contribution in [0.5, 0.6) is 0 Å². The highest BCUT2D eigenvalue weighted by molar-refractivity contribution is 5.95. The summed E-state index contributed by atoms with van der Waals surface area (Å²) in [6, 6.07) is 4.75. The number of carboxylic acids is 1. The number of halogens is 3. The van der Waals surface area contributed by atoms with Crippen molar-refractivity contribution in [1.82, 2.24) is 19.5 Å². The lowest BCUT2D eigenvalue weighted by atomic mass is 9.80. The van der Waals surface area contributed by atoms with Crippen LogP contribution in [0.1, 0.15) is 80.0 Å². The van der Waals surface area contributed by atoms with Crippen molar-refractivity contribution in [2.45, 2.75) is 77.1 Å². The van der Waals surface area contributed by atoms with E-state index in [-0.39, 0.29) is 41.8 Å². The van der Waals surface area contributed by atoms with Gasteiger partial charge in [0.15, 0.2) is 11.5 Å². The van der Waals surface area contributed by atoms with Crippen LogP contribution in [0, 0.1) is 11.8 Å². The zero-order chi connectivity index (χ0) is 27.7. The van der Waals surface area contributed by atoms with Crippen molar-refractivity contribution < 1.29 is 27.9 Å². The van der Waals surface area contributed by atoms with Crippen molar-refractivity contribution in [3.05, 3.63) is 41.2 Å². The number of carbonyl (C=O) groups is 2. The molecule has 2 saturated carbocycles. The van der Waals surface area contributed by atoms with Crippen molar-refractivity contribution in [1.29, 1.82) is 0 Å². The van der Waals surface area contributed by atoms with E-state index in [1.165, 1.54) is 12.1 Å². The standard InChI is InChI=1S/C27H31F3N6O3/c1-15(17-8-5-9-17)31-21-20-22(33-23(32-21)25(38)39)34-26(35-24(37)18-6-3-2-4-7-18)36(20)14-16-10-12-19(13-11-16)27(28,29)30/h10-13,15,17-18H,2-9,14H2,1H3,(H,38,39)(H2,31,32,33,34,35,37)/t15-/m1/s1. The second kappa shape index (κ2) is 10.8. The van der Waals surface area contributed by atoms with E-state index in [9.17, 15) is 27.9 Å². The summed E-state index contributed by atoms with van der Waals surface area (Å²) in [6.07, 6.45) is 3.27. The number of benzene rings is 1. The van der Waals surface area contributed by atoms with Gasteiger partial charge in [-0.15, -0.1) is 0 Å². The Morgan fingerprint density at radius 2 is 1.72 bits per heavy atom. The third-order valence-corrected chi connectivity index (χ3v) is 7.85. The van der Waals surface area contributed by atoms with Crippen LogP contribution in [-0.2, 0) is 17.5 Å². The fourth-order valence-corrected chi connectivity index (χ4v) is 5.31. The number of carbonyl (C=O) groups excluding carboxylic acids is 1. The maximum absolute atomic E-state index is 13.1. The zero-order valence-electron chi connectivity index (χ0n) is 21.6. The minimum atomic E-state index is -4.46. The minimum absolute atomic E-state index is 0.00630. The molecule has 0 spiro atoms. The minimum Gasteiger partial charge on any atom is -0.475 e. The van der Waals surface area contributed by atoms with E-state index in [1.54, 1.807) is 4.57 Å². The van der Waals surface area contributed by atoms with Crippen LogP contribution in [0.15, 0.2) is 24.3 Å². The SMILES string of the molecule is C[C@@H](Nc1nc(C(=O)O)nc2nc(NC(=O)C3CCCCC3)n(Cc3ccc(C(F)(F)F)cc3)c12)C1CCC1. The molecule has 3 N–H and O–H groups in total. The number of aromatic nitrogens is 4. The van der Waals surface area contributed by atoms with E-state index < -0.39 is 23.5 Å². The lowest BCUT2D eigenvalue weighted by Crippen LogP contribution is -2.31. The quantitative estimate of drug-likeness (QED) is 0.332. The summed E-state index contributed by atoms with van der Waals surface area (Å²) in [5, 5.41) is 15.9. The average molecular weight is 545 g/mol. The van der Waals surface area contributed by atoms with Crippen LogP contribution in [0.2, 0.25) is 0 Å². The highest BCUT2D eigenvalue weighted by atomic mass is 19.4. The molecule has 0 bridgehead atoms. The monoisotopic (exact) mass is 544 g/mol. The molecule has 12 heteroatoms. The summed E-state index contributed by atoms with van der Waals surface area (Å²) < 4.78 is 41.0. The number of fused-ring (bicyclic) bond motifs is 1. The Morgan fingerprint density at radius 3 is 2.31 bits per heavy atom. The van der Waals surface area contributed by atoms with Gasteiger partial charge in [0.1, 0.15) is 5.52 Å². The van der Waals surface area contributed by atoms with Crippen LogP contribution < -0.4 is 10.6 Å². The van der Waals surface area contributed by atoms with Crippen molar-refractivity contribution >= 4 is 34.8 Å². The largest absolute Gasteiger partial charge is 0.475 e. The van der Waals surface area contributed by atoms with Crippen molar-refractivity contribution in [2.24, 2.45) is 11.8 Å². The molecular formula is C27H31F3N6O3. The van der Waals surface area contributed by atoms with Crippen molar-refractivity contribution in [3.8, 4) is 0 Å². The Hall–Kier alpha value is -3.70. The third kappa shape index (κ3) is 5.84. The van der Waals surface area contributed by atoms with Gasteiger partial charge in [0.2, 0.25) is 17.7 Å². The lowest BCUT2D eigenvalue weighted by Gasteiger charge is -2.32. The molecule has 2 aliphatic rings. The number of imidazole rings is 1. The smallest absolute Gasteiger partial charge is 0.416 e. The Bertz CT molecular complexity index is 1360. The van der Waals surface area contributed by atoms with Crippen molar-refractivity contribution in [2.75, 3.05) is 10.6 Å². The van der Waals surface area contributed by atoms with Gasteiger partial charge >= 0.3 is 12.1 Å². The summed E-state index contributed by atoms with van der Waals surface area (Å²) in [7, 11) is 0. The normalized spacial score (nSPS) is 17.5. The number of hydrogen-bond donors (Lipinski definition) is 3. The fourth-order valence-electron chi connectivity index (χ4n) is 5.31. The van der Waals surface area contributed by atoms with Gasteiger partial charge in [-0.2, -0.15) is 18.2 Å². The van der Waals surface area contributed by atoms with E-state index in [2.05, 4.69) is 25.6 Å². The molecule has 39 heavy (non-hydrogen) atoms. The van der Waals surface area contributed by atoms with Crippen LogP contribution in [-0.4, -0.2) is 42.5 Å². The molecule has 2 fully saturated rings. The lowest BCUT2D eigenvalue weighted by molar-refractivity contribution is -0.137. The molecule has 0 saturated heterocycles. The van der Waals surface area contributed by atoms with E-state index >= 15 is 0 Å². The van der Waals surface area contributed by atoms with Gasteiger partial charge in [0.25, 0.3) is 0 Å². The predicted molar refractivity (Wildman–Crippen MR) is 138 cm³/mol. The first-order valence-corrected chi connectivity index (χ1v) is 13.3. The number of hydrogen-bond acceptors (Lipinski definition) is 6. The van der Waals surface area contributed by atoms with Gasteiger partial charge < -0.3 is 15.0 Å². The average Bonchev–Trinajstić information content (AvgIpc) is 3.20. The molecule has 2 aromatic heterocycles. The first kappa shape index (κ1) is 26.9. The molecule has 208 valence electrons. The first-order chi connectivity index (χ1) is 18.6. The van der Waals surface area contributed by atoms with E-state index in [1.807, 2.05) is 6.92 Å². The number of amides is 1. The summed E-state index contributed by atoms with van der Waals surface area (Å²) in [5.41, 5.74) is 0.232. The number of anilines is 2. The number of nitrogens with zero attached hydrogens (tertiary/aromatic N) is 4. The van der Waals surface area contributed by atoms with Gasteiger partial charge in [0.05, 0.1) is 12.1 Å². The molecule has 2 aliphatic carbocycles. The Balaban J connectivity index is 1.58. The van der Waals surface area contributed by atoms with Gasteiger partial charge in [-0.05, 0) is 56.2 Å². The summed E-state index contributed by atoms with van der Waals surface area (Å²) in [4.78, 5) is 37.8. The molecule has 2 heterocycles. The van der Waals surface area contributed by atoms with Crippen LogP contribution in [0.3, 0.4) is 0 Å². The van der Waals surface area contributed by atoms with Crippen LogP contribution in [0.25, 0.3) is 11.2 Å². The molecule has 0 aliphatic heterocycles. The Morgan fingerprint density at radius 1 is 1.03 bits per heavy atom. The number of carboxylic acid groups (broad SMARTS) is 1. The fraction of sp³-hybridized carbons (Fsp3) is 0.519. The molecule has 3 aromatic rings.